The number of anilines is 2. The Hall–Kier alpha value is -2.05. The van der Waals surface area contributed by atoms with Gasteiger partial charge in [-0.15, -0.1) is 11.3 Å². The average Bonchev–Trinajstić information content (AvgIpc) is 2.86. The Bertz CT molecular complexity index is 758. The van der Waals surface area contributed by atoms with Crippen molar-refractivity contribution in [2.24, 2.45) is 0 Å². The molecule has 0 unspecified atom stereocenters. The Morgan fingerprint density at radius 2 is 2.16 bits per heavy atom. The van der Waals surface area contributed by atoms with Crippen molar-refractivity contribution in [2.75, 3.05) is 5.32 Å². The Morgan fingerprint density at radius 3 is 3.00 bits per heavy atom. The van der Waals surface area contributed by atoms with E-state index < -0.39 is 0 Å². The van der Waals surface area contributed by atoms with Crippen LogP contribution in [0.15, 0.2) is 30.0 Å². The highest BCUT2D eigenvalue weighted by atomic mass is 35.5. The van der Waals surface area contributed by atoms with E-state index in [2.05, 4.69) is 20.3 Å². The first-order valence-electron chi connectivity index (χ1n) is 5.34. The zero-order chi connectivity index (χ0) is 13.2. The highest BCUT2D eigenvalue weighted by molar-refractivity contribution is 7.16. The van der Waals surface area contributed by atoms with Crippen molar-refractivity contribution >= 4 is 50.9 Å². The third-order valence-corrected chi connectivity index (χ3v) is 3.64. The van der Waals surface area contributed by atoms with E-state index in [0.717, 1.165) is 15.9 Å². The molecule has 7 heteroatoms. The van der Waals surface area contributed by atoms with Crippen LogP contribution in [0.1, 0.15) is 10.4 Å². The van der Waals surface area contributed by atoms with Crippen molar-refractivity contribution in [1.29, 1.82) is 0 Å². The minimum absolute atomic E-state index is 0.131. The van der Waals surface area contributed by atoms with E-state index in [1.54, 1.807) is 16.8 Å². The number of aromatic nitrogens is 3. The quantitative estimate of drug-likeness (QED) is 0.592. The average molecular weight is 291 g/mol. The van der Waals surface area contributed by atoms with E-state index in [-0.39, 0.29) is 10.7 Å². The molecule has 94 valence electrons. The predicted molar refractivity (Wildman–Crippen MR) is 75.3 cm³/mol. The number of fused-ring (bicyclic) bond motifs is 1. The first-order chi connectivity index (χ1) is 9.28. The number of thiazole rings is 1. The summed E-state index contributed by atoms with van der Waals surface area (Å²) in [4.78, 5) is 23.0. The van der Waals surface area contributed by atoms with Gasteiger partial charge in [-0.1, -0.05) is 11.6 Å². The molecule has 0 aliphatic carbocycles. The molecular weight excluding hydrogens is 284 g/mol. The largest absolute Gasteiger partial charge is 0.339 e. The van der Waals surface area contributed by atoms with Gasteiger partial charge in [0.05, 0.1) is 21.3 Å². The molecule has 0 spiro atoms. The van der Waals surface area contributed by atoms with Gasteiger partial charge in [0.25, 0.3) is 0 Å². The van der Waals surface area contributed by atoms with Crippen molar-refractivity contribution in [1.82, 2.24) is 15.0 Å². The number of benzene rings is 1. The molecule has 0 aliphatic rings. The summed E-state index contributed by atoms with van der Waals surface area (Å²) in [5.41, 5.74) is 3.78. The lowest BCUT2D eigenvalue weighted by Gasteiger charge is -2.07. The highest BCUT2D eigenvalue weighted by Gasteiger charge is 2.09. The van der Waals surface area contributed by atoms with E-state index in [4.69, 9.17) is 11.6 Å². The van der Waals surface area contributed by atoms with Gasteiger partial charge in [0, 0.05) is 5.69 Å². The molecule has 0 radical (unpaired) electrons. The fourth-order valence-corrected chi connectivity index (χ4v) is 2.54. The predicted octanol–water partition coefficient (Wildman–Crippen LogP) is 3.30. The molecule has 0 bridgehead atoms. The summed E-state index contributed by atoms with van der Waals surface area (Å²) in [6.45, 7) is 0. The topological polar surface area (TPSA) is 67.8 Å². The maximum atomic E-state index is 11.0. The number of carbonyl (C=O) groups is 1. The molecule has 5 nitrogen and oxygen atoms in total. The fraction of sp³-hybridized carbons (Fsp3) is 0. The van der Waals surface area contributed by atoms with E-state index in [9.17, 15) is 4.79 Å². The molecular formula is C12H7ClN4OS. The van der Waals surface area contributed by atoms with Crippen LogP contribution in [0.4, 0.5) is 11.5 Å². The van der Waals surface area contributed by atoms with Crippen LogP contribution in [0.25, 0.3) is 10.2 Å². The van der Waals surface area contributed by atoms with E-state index in [1.165, 1.54) is 6.33 Å². The minimum Gasteiger partial charge on any atom is -0.339 e. The summed E-state index contributed by atoms with van der Waals surface area (Å²) in [6.07, 6.45) is 1.94. The van der Waals surface area contributed by atoms with Gasteiger partial charge in [0.1, 0.15) is 17.3 Å². The number of rotatable bonds is 3. The molecule has 19 heavy (non-hydrogen) atoms. The first-order valence-corrected chi connectivity index (χ1v) is 6.59. The summed E-state index contributed by atoms with van der Waals surface area (Å²) in [5.74, 6) is 0.388. The third-order valence-electron chi connectivity index (χ3n) is 2.55. The summed E-state index contributed by atoms with van der Waals surface area (Å²) in [5, 5.41) is 3.19. The van der Waals surface area contributed by atoms with Gasteiger partial charge in [0.15, 0.2) is 6.29 Å². The van der Waals surface area contributed by atoms with Gasteiger partial charge >= 0.3 is 0 Å². The van der Waals surface area contributed by atoms with Crippen molar-refractivity contribution in [3.05, 3.63) is 40.8 Å². The number of carbonyl (C=O) groups excluding carboxylic acids is 1. The normalized spacial score (nSPS) is 10.6. The van der Waals surface area contributed by atoms with E-state index >= 15 is 0 Å². The maximum Gasteiger partial charge on any atom is 0.156 e. The van der Waals surface area contributed by atoms with Gasteiger partial charge < -0.3 is 5.32 Å². The van der Waals surface area contributed by atoms with Gasteiger partial charge in [-0.2, -0.15) is 0 Å². The number of hydrogen-bond acceptors (Lipinski definition) is 6. The summed E-state index contributed by atoms with van der Waals surface area (Å²) < 4.78 is 1.05. The second kappa shape index (κ2) is 4.91. The molecule has 0 saturated carbocycles. The number of halogens is 1. The summed E-state index contributed by atoms with van der Waals surface area (Å²) >= 11 is 7.39. The molecule has 3 rings (SSSR count). The van der Waals surface area contributed by atoms with Crippen molar-refractivity contribution < 1.29 is 4.79 Å². The van der Waals surface area contributed by atoms with Gasteiger partial charge in [0.2, 0.25) is 0 Å². The first kappa shape index (κ1) is 12.0. The van der Waals surface area contributed by atoms with Gasteiger partial charge in [-0.05, 0) is 18.2 Å². The number of aldehydes is 1. The monoisotopic (exact) mass is 290 g/mol. The molecule has 1 aromatic carbocycles. The molecule has 0 amide bonds. The van der Waals surface area contributed by atoms with Gasteiger partial charge in [-0.25, -0.2) is 15.0 Å². The Kier molecular flexibility index (Phi) is 3.10. The Morgan fingerprint density at radius 1 is 1.26 bits per heavy atom. The molecule has 0 saturated heterocycles. The highest BCUT2D eigenvalue weighted by Crippen LogP contribution is 2.26. The Balaban J connectivity index is 2.00. The number of hydrogen-bond donors (Lipinski definition) is 1. The molecule has 0 atom stereocenters. The van der Waals surface area contributed by atoms with Crippen LogP contribution < -0.4 is 5.32 Å². The lowest BCUT2D eigenvalue weighted by atomic mass is 10.2. The molecule has 3 aromatic rings. The lowest BCUT2D eigenvalue weighted by Crippen LogP contribution is -2.00. The van der Waals surface area contributed by atoms with E-state index in [1.807, 2.05) is 18.2 Å². The molecule has 1 N–H and O–H groups in total. The van der Waals surface area contributed by atoms with Crippen LogP contribution in [-0.2, 0) is 0 Å². The van der Waals surface area contributed by atoms with Crippen LogP contribution >= 0.6 is 22.9 Å². The smallest absolute Gasteiger partial charge is 0.156 e. The second-order valence-corrected chi connectivity index (χ2v) is 4.95. The fourth-order valence-electron chi connectivity index (χ4n) is 1.65. The van der Waals surface area contributed by atoms with Crippen LogP contribution in [0.5, 0.6) is 0 Å². The SMILES string of the molecule is O=Cc1c(Cl)ncnc1Nc1ccc2ncsc2c1. The van der Waals surface area contributed by atoms with Crippen LogP contribution in [-0.4, -0.2) is 21.2 Å². The number of nitrogens with one attached hydrogen (secondary N) is 1. The van der Waals surface area contributed by atoms with Crippen LogP contribution in [0, 0.1) is 0 Å². The standard InChI is InChI=1S/C12H7ClN4OS/c13-11-8(4-18)12(15-5-14-11)17-7-1-2-9-10(3-7)19-6-16-9/h1-6H,(H,14,15,17). The molecule has 0 fully saturated rings. The number of nitrogens with zero attached hydrogens (tertiary/aromatic N) is 3. The Labute approximate surface area is 117 Å². The summed E-state index contributed by atoms with van der Waals surface area (Å²) in [7, 11) is 0. The summed E-state index contributed by atoms with van der Waals surface area (Å²) in [6, 6.07) is 5.71. The zero-order valence-electron chi connectivity index (χ0n) is 9.50. The van der Waals surface area contributed by atoms with Crippen molar-refractivity contribution in [3.8, 4) is 0 Å². The van der Waals surface area contributed by atoms with Crippen molar-refractivity contribution in [3.63, 3.8) is 0 Å². The van der Waals surface area contributed by atoms with Crippen LogP contribution in [0.3, 0.4) is 0 Å². The van der Waals surface area contributed by atoms with Crippen LogP contribution in [0.2, 0.25) is 5.15 Å². The molecule has 0 aliphatic heterocycles. The van der Waals surface area contributed by atoms with Crippen molar-refractivity contribution in [2.45, 2.75) is 0 Å². The maximum absolute atomic E-state index is 11.0. The van der Waals surface area contributed by atoms with Gasteiger partial charge in [-0.3, -0.25) is 4.79 Å². The molecule has 2 aromatic heterocycles. The lowest BCUT2D eigenvalue weighted by molar-refractivity contribution is 0.112. The third kappa shape index (κ3) is 2.27. The molecule has 2 heterocycles. The minimum atomic E-state index is 0.131. The second-order valence-electron chi connectivity index (χ2n) is 3.70. The van der Waals surface area contributed by atoms with E-state index in [0.29, 0.717) is 12.1 Å². The zero-order valence-corrected chi connectivity index (χ0v) is 11.1.